The maximum Gasteiger partial charge on any atom is 1.00 e. The molecular weight excluding hydrogens is 975 g/mol. The Bertz CT molecular complexity index is 1790. The number of rotatable bonds is 7. The third-order valence-corrected chi connectivity index (χ3v) is 10.0. The number of carbonyl (C=O) groups is 4. The van der Waals surface area contributed by atoms with Crippen LogP contribution in [0.25, 0.3) is 0 Å². The first kappa shape index (κ1) is 65.6. The quantitative estimate of drug-likeness (QED) is 0.123. The van der Waals surface area contributed by atoms with Crippen LogP contribution in [-0.4, -0.2) is 105 Å². The molecule has 0 heterocycles. The number of benzene rings is 2. The van der Waals surface area contributed by atoms with E-state index in [9.17, 15) is 33.1 Å². The first-order valence-electron chi connectivity index (χ1n) is 21.6. The molecule has 369 valence electrons. The molecule has 1 N–H and O–H groups in total. The summed E-state index contributed by atoms with van der Waals surface area (Å²) >= 11 is 2.15. The summed E-state index contributed by atoms with van der Waals surface area (Å²) in [5.74, 6) is -0.679. The molecule has 0 aromatic heterocycles. The van der Waals surface area contributed by atoms with E-state index in [1.165, 1.54) is 12.1 Å². The standard InChI is InChI=1S/C24H36FNO5.C23H34FNO5.CH3I.CH4.B.Na.H/c1-22(2,3)30-20(27)26(21(28)31-23(4,5)6)18-12-10-14-24(16-18,29-7)15-17-11-8-9-13-19(17)25;1-21(2,3)29-19(26)25(20(27)30-22(4,5)6)17-11-9-13-23(28,15-17)14-16-10-7-8-12-18(16)24;1-2;;;;/h8-9,11,13,18H,10,12,14-16H2,1-7H3;7-8,10,12,17,28H,9,11,13-15H2,1-6H3;1H3;1H4;;;/q;;;;;+1;-1. The summed E-state index contributed by atoms with van der Waals surface area (Å²) in [6.45, 7) is 20.8. The zero-order chi connectivity index (χ0) is 48.2. The monoisotopic (exact) mass is 1050 g/mol. The van der Waals surface area contributed by atoms with Gasteiger partial charge in [-0.05, 0) is 163 Å². The normalized spacial score (nSPS) is 20.6. The van der Waals surface area contributed by atoms with E-state index < -0.39 is 70.1 Å². The molecule has 2 aromatic rings. The summed E-state index contributed by atoms with van der Waals surface area (Å²) in [6, 6.07) is 11.8. The largest absolute Gasteiger partial charge is 1.00 e. The minimum atomic E-state index is -1.24. The molecule has 0 saturated heterocycles. The molecule has 12 nitrogen and oxygen atoms in total. The molecule has 4 amide bonds. The Morgan fingerprint density at radius 2 is 0.955 bits per heavy atom. The van der Waals surface area contributed by atoms with Gasteiger partial charge in [-0.15, -0.1) is 0 Å². The van der Waals surface area contributed by atoms with Crippen LogP contribution in [0.1, 0.15) is 154 Å². The van der Waals surface area contributed by atoms with Gasteiger partial charge in [0.1, 0.15) is 34.0 Å². The summed E-state index contributed by atoms with van der Waals surface area (Å²) in [5, 5.41) is 11.2. The van der Waals surface area contributed by atoms with Crippen molar-refractivity contribution >= 4 is 55.4 Å². The summed E-state index contributed by atoms with van der Waals surface area (Å²) < 4.78 is 56.2. The van der Waals surface area contributed by atoms with E-state index >= 15 is 0 Å². The van der Waals surface area contributed by atoms with Gasteiger partial charge in [0.15, 0.2) is 0 Å². The number of methoxy groups -OCH3 is 1. The molecule has 2 aliphatic rings. The van der Waals surface area contributed by atoms with Crippen molar-refractivity contribution in [2.75, 3.05) is 12.0 Å². The van der Waals surface area contributed by atoms with Crippen molar-refractivity contribution in [1.29, 1.82) is 0 Å². The molecule has 0 aliphatic heterocycles. The molecule has 66 heavy (non-hydrogen) atoms. The van der Waals surface area contributed by atoms with Crippen LogP contribution in [0.4, 0.5) is 28.0 Å². The second-order valence-corrected chi connectivity index (χ2v) is 20.3. The minimum Gasteiger partial charge on any atom is -1.00 e. The average molecular weight is 1050 g/mol. The fourth-order valence-electron chi connectivity index (χ4n) is 7.60. The van der Waals surface area contributed by atoms with Crippen LogP contribution in [0, 0.1) is 11.6 Å². The van der Waals surface area contributed by atoms with Crippen molar-refractivity contribution in [1.82, 2.24) is 9.80 Å². The van der Waals surface area contributed by atoms with Crippen molar-refractivity contribution in [3.63, 3.8) is 0 Å². The maximum absolute atomic E-state index is 14.3. The van der Waals surface area contributed by atoms with E-state index in [4.69, 9.17) is 23.7 Å². The smallest absolute Gasteiger partial charge is 1.00 e. The number of alkyl halides is 1. The Hall–Kier alpha value is -2.51. The zero-order valence-corrected chi connectivity index (χ0v) is 45.7. The van der Waals surface area contributed by atoms with E-state index in [0.717, 1.165) is 16.2 Å². The first-order valence-corrected chi connectivity index (χ1v) is 23.7. The van der Waals surface area contributed by atoms with Crippen LogP contribution in [0.5, 0.6) is 0 Å². The average Bonchev–Trinajstić information content (AvgIpc) is 3.12. The molecular formula is C49H78BF2IN2NaO10. The molecule has 2 fully saturated rings. The number of halogens is 3. The maximum atomic E-state index is 14.3. The number of ether oxygens (including phenoxy) is 5. The fraction of sp³-hybridized carbons (Fsp3) is 0.673. The Kier molecular flexibility index (Phi) is 27.4. The molecule has 0 spiro atoms. The number of aliphatic hydroxyl groups is 1. The van der Waals surface area contributed by atoms with Gasteiger partial charge in [-0.1, -0.05) is 66.4 Å². The van der Waals surface area contributed by atoms with Crippen LogP contribution in [0.2, 0.25) is 0 Å². The second kappa shape index (κ2) is 27.6. The zero-order valence-electron chi connectivity index (χ0n) is 42.6. The topological polar surface area (TPSA) is 141 Å². The molecule has 4 atom stereocenters. The van der Waals surface area contributed by atoms with Crippen molar-refractivity contribution in [2.24, 2.45) is 0 Å². The Balaban J connectivity index is -0.00000111. The second-order valence-electron chi connectivity index (χ2n) is 20.3. The third-order valence-electron chi connectivity index (χ3n) is 10.0. The van der Waals surface area contributed by atoms with E-state index in [1.54, 1.807) is 127 Å². The Labute approximate surface area is 433 Å². The van der Waals surface area contributed by atoms with Crippen molar-refractivity contribution in [2.45, 2.75) is 200 Å². The van der Waals surface area contributed by atoms with Gasteiger partial charge in [0.2, 0.25) is 0 Å². The Morgan fingerprint density at radius 3 is 1.29 bits per heavy atom. The summed E-state index contributed by atoms with van der Waals surface area (Å²) in [7, 11) is 1.59. The van der Waals surface area contributed by atoms with Crippen LogP contribution in [-0.2, 0) is 36.5 Å². The van der Waals surface area contributed by atoms with Gasteiger partial charge in [0.05, 0.1) is 11.2 Å². The number of carbonyl (C=O) groups excluding carboxylic acids is 4. The molecule has 3 radical (unpaired) electrons. The molecule has 2 aromatic carbocycles. The first-order chi connectivity index (χ1) is 28.9. The summed E-state index contributed by atoms with van der Waals surface area (Å²) in [6.07, 6.45) is 1.40. The van der Waals surface area contributed by atoms with Gasteiger partial charge in [0.25, 0.3) is 0 Å². The number of imide groups is 2. The van der Waals surface area contributed by atoms with Crippen molar-refractivity contribution < 1.29 is 87.7 Å². The number of hydrogen-bond acceptors (Lipinski definition) is 10. The van der Waals surface area contributed by atoms with Gasteiger partial charge in [-0.25, -0.2) is 37.8 Å². The number of hydrogen-bond donors (Lipinski definition) is 1. The SMILES string of the molecule is C.CC(C)(C)OC(=O)N(C(=O)OC(C)(C)C)C1CCCC(O)(Cc2ccccc2F)C1.CI.COC1(Cc2ccccc2F)CCCC(N(C(=O)OC(C)(C)C)C(=O)OC(C)(C)C)C1.[B].[H-].[Na+]. The summed E-state index contributed by atoms with van der Waals surface area (Å²) in [4.78, 5) is 55.8. The van der Waals surface area contributed by atoms with Crippen molar-refractivity contribution in [3.8, 4) is 0 Å². The number of amides is 4. The molecule has 0 bridgehead atoms. The third kappa shape index (κ3) is 22.3. The molecule has 2 aliphatic carbocycles. The molecule has 4 unspecified atom stereocenters. The van der Waals surface area contributed by atoms with Crippen LogP contribution >= 0.6 is 22.6 Å². The molecule has 2 saturated carbocycles. The van der Waals surface area contributed by atoms with Gasteiger partial charge in [0, 0.05) is 40.4 Å². The van der Waals surface area contributed by atoms with Crippen LogP contribution < -0.4 is 29.6 Å². The minimum absolute atomic E-state index is 0. The van der Waals surface area contributed by atoms with Gasteiger partial charge < -0.3 is 30.2 Å². The van der Waals surface area contributed by atoms with E-state index in [1.807, 2.05) is 4.93 Å². The van der Waals surface area contributed by atoms with Gasteiger partial charge >= 0.3 is 53.9 Å². The van der Waals surface area contributed by atoms with Gasteiger partial charge in [-0.2, -0.15) is 0 Å². The van der Waals surface area contributed by atoms with Crippen molar-refractivity contribution in [3.05, 3.63) is 71.3 Å². The van der Waals surface area contributed by atoms with E-state index in [2.05, 4.69) is 22.6 Å². The van der Waals surface area contributed by atoms with Crippen LogP contribution in [0.3, 0.4) is 0 Å². The summed E-state index contributed by atoms with van der Waals surface area (Å²) in [5.41, 5.74) is -4.12. The Morgan fingerprint density at radius 1 is 0.636 bits per heavy atom. The predicted molar refractivity (Wildman–Crippen MR) is 262 cm³/mol. The van der Waals surface area contributed by atoms with Crippen LogP contribution in [0.15, 0.2) is 48.5 Å². The molecule has 4 rings (SSSR count). The van der Waals surface area contributed by atoms with E-state index in [-0.39, 0.29) is 71.3 Å². The predicted octanol–water partition coefficient (Wildman–Crippen LogP) is 9.51. The van der Waals surface area contributed by atoms with E-state index in [0.29, 0.717) is 56.1 Å². The molecule has 17 heteroatoms. The number of nitrogens with zero attached hydrogens (tertiary/aromatic N) is 2. The van der Waals surface area contributed by atoms with Gasteiger partial charge in [-0.3, -0.25) is 0 Å². The fourth-order valence-corrected chi connectivity index (χ4v) is 7.60.